The van der Waals surface area contributed by atoms with Crippen molar-refractivity contribution in [3.63, 3.8) is 0 Å². The van der Waals surface area contributed by atoms with Gasteiger partial charge in [-0.2, -0.15) is 13.2 Å². The first-order chi connectivity index (χ1) is 8.37. The molecule has 1 unspecified atom stereocenters. The molecule has 0 spiro atoms. The van der Waals surface area contributed by atoms with Crippen molar-refractivity contribution in [2.75, 3.05) is 14.2 Å². The van der Waals surface area contributed by atoms with Crippen molar-refractivity contribution in [2.45, 2.75) is 25.1 Å². The summed E-state index contributed by atoms with van der Waals surface area (Å²) in [5.74, 6) is 0.838. The third kappa shape index (κ3) is 4.10. The predicted octanol–water partition coefficient (Wildman–Crippen LogP) is 3.08. The van der Waals surface area contributed by atoms with Crippen molar-refractivity contribution < 1.29 is 27.8 Å². The molecule has 1 rings (SSSR count). The molecule has 1 N–H and O–H groups in total. The Kier molecular flexibility index (Phi) is 4.84. The second kappa shape index (κ2) is 5.95. The number of methoxy groups -OCH3 is 2. The molecule has 1 aromatic rings. The lowest BCUT2D eigenvalue weighted by Gasteiger charge is -2.15. The summed E-state index contributed by atoms with van der Waals surface area (Å²) in [6, 6.07) is 4.53. The summed E-state index contributed by atoms with van der Waals surface area (Å²) >= 11 is 0. The van der Waals surface area contributed by atoms with Crippen LogP contribution in [0.15, 0.2) is 18.2 Å². The first-order valence-corrected chi connectivity index (χ1v) is 5.34. The normalized spacial score (nSPS) is 13.2. The highest BCUT2D eigenvalue weighted by atomic mass is 19.4. The van der Waals surface area contributed by atoms with Gasteiger partial charge in [0, 0.05) is 6.42 Å². The number of aliphatic hydroxyl groups is 1. The van der Waals surface area contributed by atoms with Crippen LogP contribution in [0.25, 0.3) is 0 Å². The number of hydrogen-bond acceptors (Lipinski definition) is 3. The number of hydrogen-bond donors (Lipinski definition) is 1. The molecule has 0 aliphatic heterocycles. The highest BCUT2D eigenvalue weighted by molar-refractivity contribution is 5.43. The van der Waals surface area contributed by atoms with Crippen LogP contribution in [0, 0.1) is 0 Å². The zero-order chi connectivity index (χ0) is 13.8. The van der Waals surface area contributed by atoms with Crippen molar-refractivity contribution in [2.24, 2.45) is 0 Å². The van der Waals surface area contributed by atoms with E-state index in [1.807, 2.05) is 0 Å². The molecule has 3 nitrogen and oxygen atoms in total. The second-order valence-electron chi connectivity index (χ2n) is 3.78. The molecule has 0 heterocycles. The van der Waals surface area contributed by atoms with E-state index in [9.17, 15) is 18.3 Å². The number of rotatable bonds is 5. The maximum absolute atomic E-state index is 12.0. The van der Waals surface area contributed by atoms with Crippen LogP contribution in [0.4, 0.5) is 13.2 Å². The van der Waals surface area contributed by atoms with Gasteiger partial charge in [-0.1, -0.05) is 6.07 Å². The van der Waals surface area contributed by atoms with Gasteiger partial charge in [-0.05, 0) is 24.1 Å². The summed E-state index contributed by atoms with van der Waals surface area (Å²) in [7, 11) is 2.88. The van der Waals surface area contributed by atoms with E-state index in [0.29, 0.717) is 17.1 Å². The highest BCUT2D eigenvalue weighted by Gasteiger charge is 2.28. The second-order valence-corrected chi connectivity index (χ2v) is 3.78. The third-order valence-corrected chi connectivity index (χ3v) is 2.49. The van der Waals surface area contributed by atoms with Gasteiger partial charge in [-0.25, -0.2) is 0 Å². The minimum Gasteiger partial charge on any atom is -0.493 e. The standard InChI is InChI=1S/C12H15F3O3/c1-17-10-4-3-8(7-11(10)18-2)9(16)5-6-12(13,14)15/h3-4,7,9,16H,5-6H2,1-2H3. The maximum atomic E-state index is 12.0. The molecule has 0 saturated carbocycles. The van der Waals surface area contributed by atoms with Gasteiger partial charge in [0.2, 0.25) is 0 Å². The summed E-state index contributed by atoms with van der Waals surface area (Å²) in [6.45, 7) is 0. The minimum atomic E-state index is -4.27. The first-order valence-electron chi connectivity index (χ1n) is 5.34. The number of halogens is 3. The van der Waals surface area contributed by atoms with E-state index in [1.165, 1.54) is 26.4 Å². The molecule has 0 aliphatic carbocycles. The monoisotopic (exact) mass is 264 g/mol. The Morgan fingerprint density at radius 1 is 1.17 bits per heavy atom. The van der Waals surface area contributed by atoms with E-state index < -0.39 is 18.7 Å². The topological polar surface area (TPSA) is 38.7 Å². The molecule has 0 bridgehead atoms. The predicted molar refractivity (Wildman–Crippen MR) is 59.8 cm³/mol. The van der Waals surface area contributed by atoms with Crippen LogP contribution >= 0.6 is 0 Å². The zero-order valence-corrected chi connectivity index (χ0v) is 10.1. The van der Waals surface area contributed by atoms with E-state index in [0.717, 1.165) is 0 Å². The summed E-state index contributed by atoms with van der Waals surface area (Å²) in [5.41, 5.74) is 0.372. The maximum Gasteiger partial charge on any atom is 0.389 e. The molecule has 1 aromatic carbocycles. The van der Waals surface area contributed by atoms with E-state index in [2.05, 4.69) is 0 Å². The Morgan fingerprint density at radius 2 is 1.78 bits per heavy atom. The van der Waals surface area contributed by atoms with Gasteiger partial charge in [-0.15, -0.1) is 0 Å². The lowest BCUT2D eigenvalue weighted by molar-refractivity contribution is -0.140. The largest absolute Gasteiger partial charge is 0.493 e. The van der Waals surface area contributed by atoms with Crippen LogP contribution in [0.2, 0.25) is 0 Å². The highest BCUT2D eigenvalue weighted by Crippen LogP contribution is 2.33. The summed E-state index contributed by atoms with van der Waals surface area (Å²) in [4.78, 5) is 0. The quantitative estimate of drug-likeness (QED) is 0.888. The zero-order valence-electron chi connectivity index (χ0n) is 10.1. The summed E-state index contributed by atoms with van der Waals surface area (Å²) in [6.07, 6.45) is -6.84. The van der Waals surface area contributed by atoms with E-state index in [1.54, 1.807) is 6.07 Å². The fraction of sp³-hybridized carbons (Fsp3) is 0.500. The Morgan fingerprint density at radius 3 is 2.28 bits per heavy atom. The van der Waals surface area contributed by atoms with Crippen LogP contribution in [0.3, 0.4) is 0 Å². The van der Waals surface area contributed by atoms with Gasteiger partial charge in [0.15, 0.2) is 11.5 Å². The average molecular weight is 264 g/mol. The van der Waals surface area contributed by atoms with Crippen molar-refractivity contribution in [1.82, 2.24) is 0 Å². The fourth-order valence-corrected chi connectivity index (χ4v) is 1.53. The molecule has 0 saturated heterocycles. The molecule has 1 atom stereocenters. The fourth-order valence-electron chi connectivity index (χ4n) is 1.53. The number of aliphatic hydroxyl groups excluding tert-OH is 1. The van der Waals surface area contributed by atoms with Gasteiger partial charge in [0.05, 0.1) is 20.3 Å². The average Bonchev–Trinajstić information content (AvgIpc) is 2.34. The number of alkyl halides is 3. The molecule has 0 aromatic heterocycles. The van der Waals surface area contributed by atoms with Crippen molar-refractivity contribution in [3.8, 4) is 11.5 Å². The van der Waals surface area contributed by atoms with Crippen LogP contribution < -0.4 is 9.47 Å². The molecular weight excluding hydrogens is 249 g/mol. The van der Waals surface area contributed by atoms with Crippen molar-refractivity contribution >= 4 is 0 Å². The van der Waals surface area contributed by atoms with Crippen molar-refractivity contribution in [3.05, 3.63) is 23.8 Å². The van der Waals surface area contributed by atoms with Gasteiger partial charge < -0.3 is 14.6 Å². The number of benzene rings is 1. The summed E-state index contributed by atoms with van der Waals surface area (Å²) < 4.78 is 46.1. The molecule has 0 amide bonds. The lowest BCUT2D eigenvalue weighted by atomic mass is 10.0. The van der Waals surface area contributed by atoms with Crippen LogP contribution in [-0.4, -0.2) is 25.5 Å². The molecule has 0 fully saturated rings. The van der Waals surface area contributed by atoms with Crippen LogP contribution in [0.1, 0.15) is 24.5 Å². The number of ether oxygens (including phenoxy) is 2. The SMILES string of the molecule is COc1ccc(C(O)CCC(F)(F)F)cc1OC. The molecule has 102 valence electrons. The van der Waals surface area contributed by atoms with E-state index >= 15 is 0 Å². The molecular formula is C12H15F3O3. The van der Waals surface area contributed by atoms with Crippen LogP contribution in [0.5, 0.6) is 11.5 Å². The Labute approximate surface area is 103 Å². The Bertz CT molecular complexity index is 391. The summed E-state index contributed by atoms with van der Waals surface area (Å²) in [5, 5.41) is 9.67. The van der Waals surface area contributed by atoms with E-state index in [4.69, 9.17) is 9.47 Å². The van der Waals surface area contributed by atoms with Gasteiger partial charge in [0.25, 0.3) is 0 Å². The smallest absolute Gasteiger partial charge is 0.389 e. The molecule has 6 heteroatoms. The van der Waals surface area contributed by atoms with E-state index in [-0.39, 0.29) is 6.42 Å². The third-order valence-electron chi connectivity index (χ3n) is 2.49. The van der Waals surface area contributed by atoms with Gasteiger partial charge in [0.1, 0.15) is 0 Å². The molecule has 18 heavy (non-hydrogen) atoms. The minimum absolute atomic E-state index is 0.372. The van der Waals surface area contributed by atoms with Gasteiger partial charge in [-0.3, -0.25) is 0 Å². The lowest BCUT2D eigenvalue weighted by Crippen LogP contribution is -2.10. The molecule has 0 radical (unpaired) electrons. The Balaban J connectivity index is 2.77. The molecule has 0 aliphatic rings. The van der Waals surface area contributed by atoms with Crippen molar-refractivity contribution in [1.29, 1.82) is 0 Å². The first kappa shape index (κ1) is 14.6. The Hall–Kier alpha value is -1.43. The van der Waals surface area contributed by atoms with Crippen LogP contribution in [-0.2, 0) is 0 Å². The van der Waals surface area contributed by atoms with Gasteiger partial charge >= 0.3 is 6.18 Å².